The maximum atomic E-state index is 10.7. The molecule has 1 fully saturated rings. The number of nitrogens with zero attached hydrogens (tertiary/aromatic N) is 1. The number of phenolic OH excluding ortho intramolecular Hbond substituents is 1. The topological polar surface area (TPSA) is 60.8 Å². The second kappa shape index (κ2) is 5.37. The number of benzene rings is 2. The van der Waals surface area contributed by atoms with Crippen molar-refractivity contribution in [3.63, 3.8) is 0 Å². The monoisotopic (exact) mass is 285 g/mol. The van der Waals surface area contributed by atoms with Crippen molar-refractivity contribution in [2.24, 2.45) is 5.92 Å². The van der Waals surface area contributed by atoms with Gasteiger partial charge in [0.05, 0.1) is 6.42 Å². The summed E-state index contributed by atoms with van der Waals surface area (Å²) >= 11 is 0. The number of carboxylic acids is 1. The van der Waals surface area contributed by atoms with Gasteiger partial charge in [-0.3, -0.25) is 9.69 Å². The van der Waals surface area contributed by atoms with Crippen molar-refractivity contribution in [1.29, 1.82) is 0 Å². The van der Waals surface area contributed by atoms with Crippen LogP contribution < -0.4 is 0 Å². The Kier molecular flexibility index (Phi) is 3.55. The summed E-state index contributed by atoms with van der Waals surface area (Å²) in [6, 6.07) is 11.9. The zero-order valence-electron chi connectivity index (χ0n) is 12.0. The Morgan fingerprint density at radius 3 is 2.71 bits per heavy atom. The molecule has 1 saturated heterocycles. The third-order valence-corrected chi connectivity index (χ3v) is 4.38. The fourth-order valence-corrected chi connectivity index (χ4v) is 3.11. The Balaban J connectivity index is 1.78. The summed E-state index contributed by atoms with van der Waals surface area (Å²) in [7, 11) is 0. The second-order valence-corrected chi connectivity index (χ2v) is 5.82. The number of aliphatic carboxylic acids is 1. The number of aromatic hydroxyl groups is 1. The minimum atomic E-state index is -0.735. The van der Waals surface area contributed by atoms with Crippen LogP contribution in [0.15, 0.2) is 36.4 Å². The molecular weight excluding hydrogens is 266 g/mol. The van der Waals surface area contributed by atoms with Gasteiger partial charge in [-0.2, -0.15) is 0 Å². The second-order valence-electron chi connectivity index (χ2n) is 5.82. The molecule has 1 aliphatic heterocycles. The maximum absolute atomic E-state index is 10.7. The molecular formula is C17H19NO3. The largest absolute Gasteiger partial charge is 0.507 e. The highest BCUT2D eigenvalue weighted by atomic mass is 16.4. The van der Waals surface area contributed by atoms with Gasteiger partial charge in [0.15, 0.2) is 0 Å². The summed E-state index contributed by atoms with van der Waals surface area (Å²) < 4.78 is 0. The van der Waals surface area contributed by atoms with Gasteiger partial charge in [0.1, 0.15) is 5.75 Å². The number of phenols is 1. The van der Waals surface area contributed by atoms with Crippen LogP contribution in [0.3, 0.4) is 0 Å². The summed E-state index contributed by atoms with van der Waals surface area (Å²) in [6.07, 6.45) is 0.229. The quantitative estimate of drug-likeness (QED) is 0.906. The smallest absolute Gasteiger partial charge is 0.303 e. The van der Waals surface area contributed by atoms with Crippen LogP contribution in [0.2, 0.25) is 0 Å². The fourth-order valence-electron chi connectivity index (χ4n) is 3.11. The van der Waals surface area contributed by atoms with Crippen LogP contribution in [0.25, 0.3) is 10.8 Å². The van der Waals surface area contributed by atoms with Gasteiger partial charge in [-0.1, -0.05) is 36.4 Å². The highest BCUT2D eigenvalue weighted by molar-refractivity contribution is 5.89. The summed E-state index contributed by atoms with van der Waals surface area (Å²) in [6.45, 7) is 3.61. The molecule has 4 heteroatoms. The molecule has 2 aromatic rings. The average molecular weight is 285 g/mol. The number of carbonyl (C=O) groups is 1. The SMILES string of the molecule is CC(c1ccc2ccccc2c1O)N1CC(CC(=O)O)C1. The fraction of sp³-hybridized carbons (Fsp3) is 0.353. The molecule has 110 valence electrons. The lowest BCUT2D eigenvalue weighted by molar-refractivity contribution is -0.139. The number of rotatable bonds is 4. The minimum Gasteiger partial charge on any atom is -0.507 e. The Morgan fingerprint density at radius 1 is 1.29 bits per heavy atom. The van der Waals surface area contributed by atoms with Crippen molar-refractivity contribution in [2.75, 3.05) is 13.1 Å². The van der Waals surface area contributed by atoms with E-state index in [0.717, 1.165) is 29.4 Å². The third-order valence-electron chi connectivity index (χ3n) is 4.38. The molecule has 2 aromatic carbocycles. The zero-order valence-corrected chi connectivity index (χ0v) is 12.0. The lowest BCUT2D eigenvalue weighted by atomic mass is 9.91. The minimum absolute atomic E-state index is 0.0969. The van der Waals surface area contributed by atoms with E-state index in [0.29, 0.717) is 5.75 Å². The zero-order chi connectivity index (χ0) is 15.0. The first-order valence-corrected chi connectivity index (χ1v) is 7.22. The first kappa shape index (κ1) is 13.9. The summed E-state index contributed by atoms with van der Waals surface area (Å²) in [5.41, 5.74) is 0.905. The molecule has 0 saturated carbocycles. The van der Waals surface area contributed by atoms with Gasteiger partial charge in [-0.25, -0.2) is 0 Å². The summed E-state index contributed by atoms with van der Waals surface area (Å²) in [5.74, 6) is -0.171. The molecule has 0 aliphatic carbocycles. The van der Waals surface area contributed by atoms with Crippen LogP contribution in [0, 0.1) is 5.92 Å². The van der Waals surface area contributed by atoms with Crippen LogP contribution in [0.5, 0.6) is 5.75 Å². The average Bonchev–Trinajstić information content (AvgIpc) is 2.42. The number of hydrogen-bond acceptors (Lipinski definition) is 3. The Bertz CT molecular complexity index is 677. The molecule has 3 rings (SSSR count). The maximum Gasteiger partial charge on any atom is 0.303 e. The van der Waals surface area contributed by atoms with Gasteiger partial charge in [0.2, 0.25) is 0 Å². The number of hydrogen-bond donors (Lipinski definition) is 2. The van der Waals surface area contributed by atoms with Crippen LogP contribution in [-0.4, -0.2) is 34.2 Å². The van der Waals surface area contributed by atoms with E-state index in [1.54, 1.807) is 0 Å². The molecule has 1 aliphatic rings. The highest BCUT2D eigenvalue weighted by Crippen LogP contribution is 2.37. The molecule has 0 aromatic heterocycles. The van der Waals surface area contributed by atoms with Crippen molar-refractivity contribution in [2.45, 2.75) is 19.4 Å². The van der Waals surface area contributed by atoms with Crippen LogP contribution in [0.4, 0.5) is 0 Å². The van der Waals surface area contributed by atoms with Crippen molar-refractivity contribution in [3.8, 4) is 5.75 Å². The number of likely N-dealkylation sites (tertiary alicyclic amines) is 1. The van der Waals surface area contributed by atoms with Crippen molar-refractivity contribution in [3.05, 3.63) is 42.0 Å². The van der Waals surface area contributed by atoms with E-state index in [1.807, 2.05) is 36.4 Å². The van der Waals surface area contributed by atoms with Crippen molar-refractivity contribution < 1.29 is 15.0 Å². The Morgan fingerprint density at radius 2 is 2.00 bits per heavy atom. The molecule has 2 N–H and O–H groups in total. The Labute approximate surface area is 123 Å². The van der Waals surface area contributed by atoms with E-state index in [1.165, 1.54) is 0 Å². The first-order valence-electron chi connectivity index (χ1n) is 7.22. The number of carboxylic acid groups (broad SMARTS) is 1. The molecule has 0 bridgehead atoms. The van der Waals surface area contributed by atoms with E-state index < -0.39 is 5.97 Å². The van der Waals surface area contributed by atoms with Crippen molar-refractivity contribution in [1.82, 2.24) is 4.90 Å². The summed E-state index contributed by atoms with van der Waals surface area (Å²) in [4.78, 5) is 12.9. The van der Waals surface area contributed by atoms with Gasteiger partial charge in [-0.05, 0) is 18.2 Å². The van der Waals surface area contributed by atoms with E-state index in [2.05, 4.69) is 11.8 Å². The third kappa shape index (κ3) is 2.59. The van der Waals surface area contributed by atoms with Gasteiger partial charge in [0, 0.05) is 30.1 Å². The van der Waals surface area contributed by atoms with E-state index in [9.17, 15) is 9.90 Å². The van der Waals surface area contributed by atoms with Crippen LogP contribution in [-0.2, 0) is 4.79 Å². The molecule has 1 heterocycles. The van der Waals surface area contributed by atoms with Crippen molar-refractivity contribution >= 4 is 16.7 Å². The lowest BCUT2D eigenvalue weighted by Crippen LogP contribution is -2.48. The van der Waals surface area contributed by atoms with Gasteiger partial charge < -0.3 is 10.2 Å². The predicted octanol–water partition coefficient (Wildman–Crippen LogP) is 3.01. The molecule has 0 amide bonds. The predicted molar refractivity (Wildman–Crippen MR) is 81.3 cm³/mol. The molecule has 1 atom stereocenters. The normalized spacial score (nSPS) is 17.6. The molecule has 0 radical (unpaired) electrons. The molecule has 4 nitrogen and oxygen atoms in total. The lowest BCUT2D eigenvalue weighted by Gasteiger charge is -2.43. The first-order chi connectivity index (χ1) is 10.1. The standard InChI is InChI=1S/C17H19NO3/c1-11(18-9-12(10-18)8-16(19)20)14-7-6-13-4-2-3-5-15(13)17(14)21/h2-7,11-12,21H,8-10H2,1H3,(H,19,20). The van der Waals surface area contributed by atoms with Gasteiger partial charge in [0.25, 0.3) is 0 Å². The Hall–Kier alpha value is -2.07. The highest BCUT2D eigenvalue weighted by Gasteiger charge is 2.33. The van der Waals surface area contributed by atoms with Crippen LogP contribution in [0.1, 0.15) is 24.9 Å². The van der Waals surface area contributed by atoms with E-state index >= 15 is 0 Å². The molecule has 1 unspecified atom stereocenters. The number of fused-ring (bicyclic) bond motifs is 1. The molecule has 0 spiro atoms. The van der Waals surface area contributed by atoms with Crippen LogP contribution >= 0.6 is 0 Å². The van der Waals surface area contributed by atoms with E-state index in [4.69, 9.17) is 5.11 Å². The molecule has 21 heavy (non-hydrogen) atoms. The van der Waals surface area contributed by atoms with E-state index in [-0.39, 0.29) is 18.4 Å². The van der Waals surface area contributed by atoms with Gasteiger partial charge in [-0.15, -0.1) is 0 Å². The summed E-state index contributed by atoms with van der Waals surface area (Å²) in [5, 5.41) is 21.2. The van der Waals surface area contributed by atoms with Gasteiger partial charge >= 0.3 is 5.97 Å².